The zero-order valence-electron chi connectivity index (χ0n) is 10.9. The van der Waals surface area contributed by atoms with Crippen molar-refractivity contribution >= 4 is 11.6 Å². The smallest absolute Gasteiger partial charge is 0.243 e. The third-order valence-electron chi connectivity index (χ3n) is 3.23. The second-order valence-electron chi connectivity index (χ2n) is 4.75. The molecule has 2 rings (SSSR count). The topological polar surface area (TPSA) is 50.4 Å². The molecule has 1 heterocycles. The van der Waals surface area contributed by atoms with Crippen molar-refractivity contribution in [2.45, 2.75) is 31.8 Å². The van der Waals surface area contributed by atoms with Gasteiger partial charge in [-0.3, -0.25) is 4.79 Å². The average molecular weight is 248 g/mol. The molecule has 0 saturated heterocycles. The van der Waals surface area contributed by atoms with Gasteiger partial charge in [0, 0.05) is 31.9 Å². The Bertz CT molecular complexity index is 395. The van der Waals surface area contributed by atoms with Crippen molar-refractivity contribution in [3.8, 4) is 0 Å². The Labute approximate surface area is 108 Å². The van der Waals surface area contributed by atoms with Crippen LogP contribution in [0.5, 0.6) is 0 Å². The van der Waals surface area contributed by atoms with Crippen molar-refractivity contribution in [2.75, 3.05) is 19.0 Å². The first-order valence-electron chi connectivity index (χ1n) is 6.34. The summed E-state index contributed by atoms with van der Waals surface area (Å²) in [7, 11) is 1.67. The van der Waals surface area contributed by atoms with E-state index in [9.17, 15) is 4.79 Å². The molecule has 4 heteroatoms. The van der Waals surface area contributed by atoms with E-state index in [2.05, 4.69) is 16.7 Å². The standard InChI is InChI=1S/C14H20N2O2/c1-10(7-8-18-2)15-14(17)13-9-11-5-3-4-6-12(11)16-13/h3-6,10,13,16H,7-9H2,1-2H3,(H,15,17)/t10?,13-/m0/s1. The van der Waals surface area contributed by atoms with Gasteiger partial charge in [0.05, 0.1) is 0 Å². The van der Waals surface area contributed by atoms with Crippen molar-refractivity contribution < 1.29 is 9.53 Å². The number of hydrogen-bond acceptors (Lipinski definition) is 3. The number of amides is 1. The van der Waals surface area contributed by atoms with Gasteiger partial charge in [0.1, 0.15) is 6.04 Å². The molecule has 4 nitrogen and oxygen atoms in total. The molecule has 0 aromatic heterocycles. The highest BCUT2D eigenvalue weighted by Crippen LogP contribution is 2.25. The summed E-state index contributed by atoms with van der Waals surface area (Å²) in [6, 6.07) is 8.05. The minimum atomic E-state index is -0.146. The van der Waals surface area contributed by atoms with E-state index in [-0.39, 0.29) is 18.0 Å². The van der Waals surface area contributed by atoms with Crippen LogP contribution in [0, 0.1) is 0 Å². The fourth-order valence-corrected chi connectivity index (χ4v) is 2.17. The number of para-hydroxylation sites is 1. The van der Waals surface area contributed by atoms with E-state index in [0.29, 0.717) is 6.61 Å². The number of benzene rings is 1. The Balaban J connectivity index is 1.85. The van der Waals surface area contributed by atoms with Gasteiger partial charge >= 0.3 is 0 Å². The molecule has 2 N–H and O–H groups in total. The van der Waals surface area contributed by atoms with Crippen LogP contribution in [-0.4, -0.2) is 31.7 Å². The molecule has 0 spiro atoms. The Morgan fingerprint density at radius 3 is 3.06 bits per heavy atom. The molecule has 2 atom stereocenters. The number of nitrogens with one attached hydrogen (secondary N) is 2. The largest absolute Gasteiger partial charge is 0.385 e. The van der Waals surface area contributed by atoms with E-state index in [1.807, 2.05) is 25.1 Å². The van der Waals surface area contributed by atoms with Gasteiger partial charge in [0.2, 0.25) is 5.91 Å². The molecule has 0 bridgehead atoms. The Morgan fingerprint density at radius 1 is 1.56 bits per heavy atom. The summed E-state index contributed by atoms with van der Waals surface area (Å²) >= 11 is 0. The van der Waals surface area contributed by atoms with E-state index < -0.39 is 0 Å². The van der Waals surface area contributed by atoms with Crippen molar-refractivity contribution in [2.24, 2.45) is 0 Å². The lowest BCUT2D eigenvalue weighted by Gasteiger charge is -2.17. The first kappa shape index (κ1) is 12.9. The zero-order valence-corrected chi connectivity index (χ0v) is 10.9. The Kier molecular flexibility index (Phi) is 4.20. The zero-order chi connectivity index (χ0) is 13.0. The molecular formula is C14H20N2O2. The fourth-order valence-electron chi connectivity index (χ4n) is 2.17. The molecule has 18 heavy (non-hydrogen) atoms. The van der Waals surface area contributed by atoms with E-state index >= 15 is 0 Å². The lowest BCUT2D eigenvalue weighted by molar-refractivity contribution is -0.122. The number of anilines is 1. The summed E-state index contributed by atoms with van der Waals surface area (Å²) in [5.74, 6) is 0.0646. The van der Waals surface area contributed by atoms with Gasteiger partial charge in [-0.05, 0) is 25.0 Å². The predicted octanol–water partition coefficient (Wildman–Crippen LogP) is 1.56. The van der Waals surface area contributed by atoms with Crippen LogP contribution in [0.1, 0.15) is 18.9 Å². The minimum Gasteiger partial charge on any atom is -0.385 e. The van der Waals surface area contributed by atoms with Crippen LogP contribution in [0.3, 0.4) is 0 Å². The van der Waals surface area contributed by atoms with E-state index in [1.54, 1.807) is 7.11 Å². The maximum absolute atomic E-state index is 12.1. The van der Waals surface area contributed by atoms with Crippen LogP contribution in [-0.2, 0) is 16.0 Å². The lowest BCUT2D eigenvalue weighted by Crippen LogP contribution is -2.43. The first-order valence-corrected chi connectivity index (χ1v) is 6.34. The number of methoxy groups -OCH3 is 1. The van der Waals surface area contributed by atoms with Crippen LogP contribution >= 0.6 is 0 Å². The van der Waals surface area contributed by atoms with Crippen LogP contribution in [0.2, 0.25) is 0 Å². The lowest BCUT2D eigenvalue weighted by atomic mass is 10.1. The minimum absolute atomic E-state index is 0.0646. The molecule has 1 aromatic rings. The van der Waals surface area contributed by atoms with Crippen LogP contribution in [0.25, 0.3) is 0 Å². The molecule has 1 unspecified atom stereocenters. The molecule has 0 aliphatic carbocycles. The molecule has 1 aliphatic rings. The third-order valence-corrected chi connectivity index (χ3v) is 3.23. The quantitative estimate of drug-likeness (QED) is 0.831. The molecule has 0 saturated carbocycles. The number of carbonyl (C=O) groups is 1. The second kappa shape index (κ2) is 5.87. The second-order valence-corrected chi connectivity index (χ2v) is 4.75. The highest BCUT2D eigenvalue weighted by atomic mass is 16.5. The Morgan fingerprint density at radius 2 is 2.33 bits per heavy atom. The SMILES string of the molecule is COCCC(C)NC(=O)[C@@H]1Cc2ccccc2N1. The van der Waals surface area contributed by atoms with Crippen LogP contribution in [0.4, 0.5) is 5.69 Å². The van der Waals surface area contributed by atoms with Crippen LogP contribution < -0.4 is 10.6 Å². The Hall–Kier alpha value is -1.55. The van der Waals surface area contributed by atoms with Crippen LogP contribution in [0.15, 0.2) is 24.3 Å². The van der Waals surface area contributed by atoms with Gasteiger partial charge in [0.15, 0.2) is 0 Å². The summed E-state index contributed by atoms with van der Waals surface area (Å²) in [5, 5.41) is 6.26. The molecule has 1 amide bonds. The summed E-state index contributed by atoms with van der Waals surface area (Å²) < 4.78 is 5.00. The highest BCUT2D eigenvalue weighted by Gasteiger charge is 2.26. The first-order chi connectivity index (χ1) is 8.70. The van der Waals surface area contributed by atoms with Gasteiger partial charge in [-0.15, -0.1) is 0 Å². The number of ether oxygens (including phenoxy) is 1. The van der Waals surface area contributed by atoms with Crippen molar-refractivity contribution in [3.63, 3.8) is 0 Å². The molecule has 0 radical (unpaired) electrons. The number of fused-ring (bicyclic) bond motifs is 1. The normalized spacial score (nSPS) is 18.9. The van der Waals surface area contributed by atoms with Crippen molar-refractivity contribution in [3.05, 3.63) is 29.8 Å². The fraction of sp³-hybridized carbons (Fsp3) is 0.500. The summed E-state index contributed by atoms with van der Waals surface area (Å²) in [4.78, 5) is 12.1. The van der Waals surface area contributed by atoms with Gasteiger partial charge in [-0.25, -0.2) is 0 Å². The maximum Gasteiger partial charge on any atom is 0.243 e. The summed E-state index contributed by atoms with van der Waals surface area (Å²) in [6.07, 6.45) is 1.60. The van der Waals surface area contributed by atoms with E-state index in [4.69, 9.17) is 4.74 Å². The van der Waals surface area contributed by atoms with E-state index in [1.165, 1.54) is 5.56 Å². The molecular weight excluding hydrogens is 228 g/mol. The third kappa shape index (κ3) is 3.01. The van der Waals surface area contributed by atoms with Gasteiger partial charge in [-0.2, -0.15) is 0 Å². The number of rotatable bonds is 5. The summed E-state index contributed by atoms with van der Waals surface area (Å²) in [5.41, 5.74) is 2.28. The maximum atomic E-state index is 12.1. The number of hydrogen-bond donors (Lipinski definition) is 2. The molecule has 98 valence electrons. The molecule has 1 aromatic carbocycles. The van der Waals surface area contributed by atoms with E-state index in [0.717, 1.165) is 18.5 Å². The highest BCUT2D eigenvalue weighted by molar-refractivity contribution is 5.87. The van der Waals surface area contributed by atoms with Gasteiger partial charge in [0.25, 0.3) is 0 Å². The monoisotopic (exact) mass is 248 g/mol. The molecule has 0 fully saturated rings. The average Bonchev–Trinajstić information content (AvgIpc) is 2.80. The van der Waals surface area contributed by atoms with Crippen molar-refractivity contribution in [1.82, 2.24) is 5.32 Å². The predicted molar refractivity (Wildman–Crippen MR) is 71.7 cm³/mol. The molecule has 1 aliphatic heterocycles. The van der Waals surface area contributed by atoms with Gasteiger partial charge < -0.3 is 15.4 Å². The summed E-state index contributed by atoms with van der Waals surface area (Å²) in [6.45, 7) is 2.67. The van der Waals surface area contributed by atoms with Crippen molar-refractivity contribution in [1.29, 1.82) is 0 Å². The van der Waals surface area contributed by atoms with Gasteiger partial charge in [-0.1, -0.05) is 18.2 Å². The number of carbonyl (C=O) groups excluding carboxylic acids is 1.